The molecule has 2 N–H and O–H groups in total. The van der Waals surface area contributed by atoms with Gasteiger partial charge in [-0.15, -0.1) is 0 Å². The van der Waals surface area contributed by atoms with Gasteiger partial charge in [-0.2, -0.15) is 0 Å². The molecule has 14 heavy (non-hydrogen) atoms. The SMILES string of the molecule is CC(O)C(=O)NCCC1CCN(C)C1. The Bertz CT molecular complexity index is 195. The highest BCUT2D eigenvalue weighted by Gasteiger charge is 2.19. The van der Waals surface area contributed by atoms with Gasteiger partial charge in [-0.25, -0.2) is 0 Å². The van der Waals surface area contributed by atoms with Gasteiger partial charge < -0.3 is 15.3 Å². The van der Waals surface area contributed by atoms with Crippen LogP contribution in [0.2, 0.25) is 0 Å². The van der Waals surface area contributed by atoms with E-state index in [1.807, 2.05) is 0 Å². The van der Waals surface area contributed by atoms with Crippen LogP contribution in [0.1, 0.15) is 19.8 Å². The molecule has 0 spiro atoms. The van der Waals surface area contributed by atoms with E-state index in [0.29, 0.717) is 12.5 Å². The molecule has 1 fully saturated rings. The molecule has 0 aliphatic carbocycles. The highest BCUT2D eigenvalue weighted by Crippen LogP contribution is 2.16. The van der Waals surface area contributed by atoms with Gasteiger partial charge in [0.15, 0.2) is 0 Å². The first-order valence-corrected chi connectivity index (χ1v) is 5.24. The van der Waals surface area contributed by atoms with E-state index in [-0.39, 0.29) is 5.91 Å². The molecule has 1 rings (SSSR count). The lowest BCUT2D eigenvalue weighted by molar-refractivity contribution is -0.128. The first-order chi connectivity index (χ1) is 6.59. The van der Waals surface area contributed by atoms with Crippen molar-refractivity contribution in [2.45, 2.75) is 25.9 Å². The summed E-state index contributed by atoms with van der Waals surface area (Å²) in [6.45, 7) is 4.46. The van der Waals surface area contributed by atoms with Crippen molar-refractivity contribution in [2.24, 2.45) is 5.92 Å². The van der Waals surface area contributed by atoms with Gasteiger partial charge in [-0.05, 0) is 39.3 Å². The van der Waals surface area contributed by atoms with E-state index >= 15 is 0 Å². The number of amides is 1. The summed E-state index contributed by atoms with van der Waals surface area (Å²) in [4.78, 5) is 13.3. The van der Waals surface area contributed by atoms with Crippen LogP contribution < -0.4 is 5.32 Å². The number of aliphatic hydroxyl groups is 1. The smallest absolute Gasteiger partial charge is 0.248 e. The number of nitrogens with one attached hydrogen (secondary N) is 1. The van der Waals surface area contributed by atoms with Gasteiger partial charge in [0.1, 0.15) is 6.10 Å². The van der Waals surface area contributed by atoms with Crippen LogP contribution in [-0.2, 0) is 4.79 Å². The molecule has 0 aromatic carbocycles. The van der Waals surface area contributed by atoms with Crippen molar-refractivity contribution in [3.8, 4) is 0 Å². The van der Waals surface area contributed by atoms with E-state index in [2.05, 4.69) is 17.3 Å². The quantitative estimate of drug-likeness (QED) is 0.662. The summed E-state index contributed by atoms with van der Waals surface area (Å²) in [6, 6.07) is 0. The predicted octanol–water partition coefficient (Wildman–Crippen LogP) is -0.175. The van der Waals surface area contributed by atoms with Crippen LogP contribution >= 0.6 is 0 Å². The number of carbonyl (C=O) groups excluding carboxylic acids is 1. The molecule has 1 aliphatic rings. The van der Waals surface area contributed by atoms with Gasteiger partial charge >= 0.3 is 0 Å². The van der Waals surface area contributed by atoms with Crippen molar-refractivity contribution in [1.29, 1.82) is 0 Å². The molecule has 0 radical (unpaired) electrons. The maximum atomic E-state index is 11.0. The van der Waals surface area contributed by atoms with Crippen LogP contribution in [0, 0.1) is 5.92 Å². The molecule has 0 saturated carbocycles. The molecule has 4 nitrogen and oxygen atoms in total. The third-order valence-corrected chi connectivity index (χ3v) is 2.72. The standard InChI is InChI=1S/C10H20N2O2/c1-8(13)10(14)11-5-3-9-4-6-12(2)7-9/h8-9,13H,3-7H2,1-2H3,(H,11,14). The van der Waals surface area contributed by atoms with E-state index in [1.165, 1.54) is 13.3 Å². The van der Waals surface area contributed by atoms with E-state index in [4.69, 9.17) is 5.11 Å². The van der Waals surface area contributed by atoms with Gasteiger partial charge in [0.05, 0.1) is 0 Å². The van der Waals surface area contributed by atoms with Crippen LogP contribution in [0.3, 0.4) is 0 Å². The molecule has 0 aromatic rings. The Morgan fingerprint density at radius 2 is 2.43 bits per heavy atom. The zero-order chi connectivity index (χ0) is 10.6. The summed E-state index contributed by atoms with van der Waals surface area (Å²) in [5.41, 5.74) is 0. The molecule has 1 heterocycles. The molecule has 1 saturated heterocycles. The summed E-state index contributed by atoms with van der Waals surface area (Å²) in [5, 5.41) is 11.7. The Labute approximate surface area is 85.3 Å². The minimum atomic E-state index is -0.888. The third kappa shape index (κ3) is 3.64. The van der Waals surface area contributed by atoms with Gasteiger partial charge in [-0.3, -0.25) is 4.79 Å². The van der Waals surface area contributed by atoms with Gasteiger partial charge in [0.25, 0.3) is 0 Å². The second kappa shape index (κ2) is 5.32. The minimum Gasteiger partial charge on any atom is -0.384 e. The number of likely N-dealkylation sites (tertiary alicyclic amines) is 1. The molecule has 2 unspecified atom stereocenters. The number of nitrogens with zero attached hydrogens (tertiary/aromatic N) is 1. The zero-order valence-corrected chi connectivity index (χ0v) is 8.99. The third-order valence-electron chi connectivity index (χ3n) is 2.72. The van der Waals surface area contributed by atoms with Crippen molar-refractivity contribution in [2.75, 3.05) is 26.7 Å². The van der Waals surface area contributed by atoms with E-state index in [0.717, 1.165) is 19.5 Å². The highest BCUT2D eigenvalue weighted by molar-refractivity contribution is 5.79. The lowest BCUT2D eigenvalue weighted by atomic mass is 10.1. The fourth-order valence-electron chi connectivity index (χ4n) is 1.81. The first kappa shape index (κ1) is 11.5. The Balaban J connectivity index is 2.07. The van der Waals surface area contributed by atoms with E-state index in [9.17, 15) is 4.79 Å². The second-order valence-electron chi connectivity index (χ2n) is 4.17. The molecule has 1 amide bonds. The molecular weight excluding hydrogens is 180 g/mol. The fourth-order valence-corrected chi connectivity index (χ4v) is 1.81. The molecule has 4 heteroatoms. The van der Waals surface area contributed by atoms with E-state index in [1.54, 1.807) is 0 Å². The summed E-state index contributed by atoms with van der Waals surface area (Å²) >= 11 is 0. The molecular formula is C10H20N2O2. The Morgan fingerprint density at radius 1 is 1.71 bits per heavy atom. The Morgan fingerprint density at radius 3 is 2.93 bits per heavy atom. The van der Waals surface area contributed by atoms with Gasteiger partial charge in [-0.1, -0.05) is 0 Å². The Kier molecular flexibility index (Phi) is 4.35. The highest BCUT2D eigenvalue weighted by atomic mass is 16.3. The van der Waals surface area contributed by atoms with Crippen molar-refractivity contribution < 1.29 is 9.90 Å². The number of hydrogen-bond donors (Lipinski definition) is 2. The molecule has 82 valence electrons. The number of aliphatic hydroxyl groups excluding tert-OH is 1. The lowest BCUT2D eigenvalue weighted by Gasteiger charge is -2.11. The average Bonchev–Trinajstić information content (AvgIpc) is 2.51. The molecule has 0 bridgehead atoms. The summed E-state index contributed by atoms with van der Waals surface area (Å²) < 4.78 is 0. The maximum Gasteiger partial charge on any atom is 0.248 e. The van der Waals surface area contributed by atoms with Crippen LogP contribution in [0.5, 0.6) is 0 Å². The molecule has 1 aliphatic heterocycles. The molecule has 2 atom stereocenters. The van der Waals surface area contributed by atoms with E-state index < -0.39 is 6.10 Å². The van der Waals surface area contributed by atoms with Crippen LogP contribution in [0.4, 0.5) is 0 Å². The largest absolute Gasteiger partial charge is 0.384 e. The first-order valence-electron chi connectivity index (χ1n) is 5.24. The average molecular weight is 200 g/mol. The van der Waals surface area contributed by atoms with Crippen LogP contribution in [0.25, 0.3) is 0 Å². The van der Waals surface area contributed by atoms with Crippen LogP contribution in [0.15, 0.2) is 0 Å². The van der Waals surface area contributed by atoms with Crippen molar-refractivity contribution in [3.05, 3.63) is 0 Å². The van der Waals surface area contributed by atoms with Crippen molar-refractivity contribution in [1.82, 2.24) is 10.2 Å². The topological polar surface area (TPSA) is 52.6 Å². The van der Waals surface area contributed by atoms with Gasteiger partial charge in [0, 0.05) is 13.1 Å². The fraction of sp³-hybridized carbons (Fsp3) is 0.900. The summed E-state index contributed by atoms with van der Waals surface area (Å²) in [7, 11) is 2.12. The second-order valence-corrected chi connectivity index (χ2v) is 4.17. The maximum absolute atomic E-state index is 11.0. The van der Waals surface area contributed by atoms with Crippen LogP contribution in [-0.4, -0.2) is 48.7 Å². The monoisotopic (exact) mass is 200 g/mol. The zero-order valence-electron chi connectivity index (χ0n) is 8.99. The minimum absolute atomic E-state index is 0.267. The predicted molar refractivity (Wildman–Crippen MR) is 54.9 cm³/mol. The van der Waals surface area contributed by atoms with Gasteiger partial charge in [0.2, 0.25) is 5.91 Å². The summed E-state index contributed by atoms with van der Waals surface area (Å²) in [6.07, 6.45) is 1.35. The molecule has 0 aromatic heterocycles. The Hall–Kier alpha value is -0.610. The van der Waals surface area contributed by atoms with Crippen molar-refractivity contribution in [3.63, 3.8) is 0 Å². The lowest BCUT2D eigenvalue weighted by Crippen LogP contribution is -2.34. The normalized spacial score (nSPS) is 24.9. The van der Waals surface area contributed by atoms with Crippen molar-refractivity contribution >= 4 is 5.91 Å². The number of hydrogen-bond acceptors (Lipinski definition) is 3. The number of carbonyl (C=O) groups is 1. The summed E-state index contributed by atoms with van der Waals surface area (Å²) in [5.74, 6) is 0.436. The number of rotatable bonds is 4.